The van der Waals surface area contributed by atoms with Crippen molar-refractivity contribution in [2.75, 3.05) is 27.6 Å². The lowest BCUT2D eigenvalue weighted by atomic mass is 9.95. The fraction of sp³-hybridized carbons (Fsp3) is 0.296. The standard InChI is InChI=1S/C27H27N3O8S/c1-35-22-12-15-8-10-19(29-27(32)20-7-5-6-16(28-20)14-38-30(33)34)18-13-21(31)23(39-4)11-9-17(18)24(15)26(37-3)25(22)36-2/h5-7,9,11-13,19H,8,10,14H2,1-4H3,(H,29,32)/t19-/m0/s1. The van der Waals surface area contributed by atoms with Crippen LogP contribution in [0.1, 0.15) is 39.8 Å². The topological polar surface area (TPSA) is 139 Å². The van der Waals surface area contributed by atoms with Crippen LogP contribution in [0.3, 0.4) is 0 Å². The molecule has 0 bridgehead atoms. The number of carbonyl (C=O) groups is 1. The van der Waals surface area contributed by atoms with Gasteiger partial charge < -0.3 is 24.4 Å². The minimum Gasteiger partial charge on any atom is -0.493 e. The lowest BCUT2D eigenvalue weighted by molar-refractivity contribution is -0.763. The van der Waals surface area contributed by atoms with Crippen LogP contribution in [0.25, 0.3) is 11.1 Å². The first-order chi connectivity index (χ1) is 18.8. The first-order valence-electron chi connectivity index (χ1n) is 11.9. The van der Waals surface area contributed by atoms with Crippen molar-refractivity contribution in [3.63, 3.8) is 0 Å². The van der Waals surface area contributed by atoms with E-state index in [2.05, 4.69) is 15.1 Å². The van der Waals surface area contributed by atoms with Crippen LogP contribution in [0.4, 0.5) is 0 Å². The maximum atomic E-state index is 13.3. The molecule has 0 spiro atoms. The number of aromatic nitrogens is 1. The Morgan fingerprint density at radius 1 is 1.13 bits per heavy atom. The molecule has 1 N–H and O–H groups in total. The molecule has 3 aromatic rings. The zero-order chi connectivity index (χ0) is 28.1. The number of aryl methyl sites for hydroxylation is 1. The zero-order valence-corrected chi connectivity index (χ0v) is 22.6. The first kappa shape index (κ1) is 27.7. The molecule has 1 aliphatic rings. The van der Waals surface area contributed by atoms with Gasteiger partial charge in [-0.2, -0.15) is 0 Å². The van der Waals surface area contributed by atoms with Crippen molar-refractivity contribution in [2.24, 2.45) is 0 Å². The Labute approximate surface area is 228 Å². The van der Waals surface area contributed by atoms with E-state index in [1.807, 2.05) is 18.4 Å². The number of amides is 1. The second-order valence-corrected chi connectivity index (χ2v) is 9.38. The molecular weight excluding hydrogens is 526 g/mol. The molecule has 0 saturated heterocycles. The third-order valence-corrected chi connectivity index (χ3v) is 7.16. The zero-order valence-electron chi connectivity index (χ0n) is 21.8. The highest BCUT2D eigenvalue weighted by Crippen LogP contribution is 2.50. The predicted molar refractivity (Wildman–Crippen MR) is 144 cm³/mol. The van der Waals surface area contributed by atoms with Gasteiger partial charge in [-0.15, -0.1) is 21.9 Å². The highest BCUT2D eigenvalue weighted by molar-refractivity contribution is 7.98. The van der Waals surface area contributed by atoms with Crippen molar-refractivity contribution < 1.29 is 28.9 Å². The van der Waals surface area contributed by atoms with E-state index in [-0.39, 0.29) is 23.4 Å². The van der Waals surface area contributed by atoms with Gasteiger partial charge in [0.15, 0.2) is 16.9 Å². The summed E-state index contributed by atoms with van der Waals surface area (Å²) in [6, 6.07) is 11.1. The molecule has 4 rings (SSSR count). The van der Waals surface area contributed by atoms with E-state index in [0.717, 1.165) is 11.1 Å². The second-order valence-electron chi connectivity index (χ2n) is 8.53. The molecule has 204 valence electrons. The Morgan fingerprint density at radius 2 is 1.90 bits per heavy atom. The quantitative estimate of drug-likeness (QED) is 0.235. The van der Waals surface area contributed by atoms with Crippen LogP contribution < -0.4 is 25.0 Å². The van der Waals surface area contributed by atoms with Crippen LogP contribution in [0, 0.1) is 10.1 Å². The molecule has 0 saturated carbocycles. The van der Waals surface area contributed by atoms with Gasteiger partial charge in [-0.3, -0.25) is 9.59 Å². The molecule has 1 amide bonds. The van der Waals surface area contributed by atoms with E-state index in [0.29, 0.717) is 46.1 Å². The van der Waals surface area contributed by atoms with Gasteiger partial charge in [-0.05, 0) is 66.1 Å². The van der Waals surface area contributed by atoms with Gasteiger partial charge in [-0.25, -0.2) is 4.98 Å². The van der Waals surface area contributed by atoms with Crippen molar-refractivity contribution in [1.29, 1.82) is 0 Å². The molecule has 0 aliphatic heterocycles. The number of hydrogen-bond acceptors (Lipinski definition) is 10. The number of ether oxygens (including phenoxy) is 3. The number of fused-ring (bicyclic) bond motifs is 3. The number of rotatable bonds is 9. The van der Waals surface area contributed by atoms with E-state index in [1.54, 1.807) is 25.3 Å². The fourth-order valence-electron chi connectivity index (χ4n) is 4.65. The van der Waals surface area contributed by atoms with Crippen LogP contribution in [0.15, 0.2) is 52.2 Å². The van der Waals surface area contributed by atoms with Crippen molar-refractivity contribution in [3.05, 3.63) is 85.3 Å². The van der Waals surface area contributed by atoms with Gasteiger partial charge in [-0.1, -0.05) is 12.1 Å². The number of carbonyl (C=O) groups excluding carboxylic acids is 1. The normalized spacial score (nSPS) is 13.8. The summed E-state index contributed by atoms with van der Waals surface area (Å²) < 4.78 is 17.0. The van der Waals surface area contributed by atoms with Crippen molar-refractivity contribution >= 4 is 17.7 Å². The van der Waals surface area contributed by atoms with Gasteiger partial charge in [0.05, 0.1) is 38.0 Å². The van der Waals surface area contributed by atoms with Crippen molar-refractivity contribution in [3.8, 4) is 28.4 Å². The van der Waals surface area contributed by atoms with Gasteiger partial charge in [0, 0.05) is 5.56 Å². The molecule has 1 aliphatic carbocycles. The minimum absolute atomic E-state index is 0.0659. The molecule has 39 heavy (non-hydrogen) atoms. The number of pyridine rings is 1. The van der Waals surface area contributed by atoms with E-state index in [1.165, 1.54) is 38.1 Å². The molecule has 0 unspecified atom stereocenters. The molecule has 1 atom stereocenters. The third kappa shape index (κ3) is 5.75. The van der Waals surface area contributed by atoms with Crippen molar-refractivity contribution in [2.45, 2.75) is 30.4 Å². The summed E-state index contributed by atoms with van der Waals surface area (Å²) in [5.74, 6) is 0.893. The highest BCUT2D eigenvalue weighted by Gasteiger charge is 2.30. The van der Waals surface area contributed by atoms with E-state index in [9.17, 15) is 19.7 Å². The summed E-state index contributed by atoms with van der Waals surface area (Å²) in [4.78, 5) is 46.1. The Balaban J connectivity index is 1.83. The number of benzene rings is 1. The number of nitrogens with zero attached hydrogens (tertiary/aromatic N) is 2. The van der Waals surface area contributed by atoms with E-state index >= 15 is 0 Å². The van der Waals surface area contributed by atoms with Crippen LogP contribution >= 0.6 is 11.8 Å². The maximum absolute atomic E-state index is 13.3. The minimum atomic E-state index is -0.920. The second kappa shape index (κ2) is 12.0. The maximum Gasteiger partial charge on any atom is 0.294 e. The lowest BCUT2D eigenvalue weighted by Gasteiger charge is -2.20. The molecule has 0 radical (unpaired) electrons. The van der Waals surface area contributed by atoms with Gasteiger partial charge in [0.1, 0.15) is 12.3 Å². The van der Waals surface area contributed by atoms with Crippen molar-refractivity contribution in [1.82, 2.24) is 10.3 Å². The molecule has 1 aromatic heterocycles. The average molecular weight is 554 g/mol. The fourth-order valence-corrected chi connectivity index (χ4v) is 5.12. The first-order valence-corrected chi connectivity index (χ1v) is 13.1. The summed E-state index contributed by atoms with van der Waals surface area (Å²) in [5.41, 5.74) is 3.11. The number of thioether (sulfide) groups is 1. The summed E-state index contributed by atoms with van der Waals surface area (Å²) in [5, 5.41) is 12.6. The summed E-state index contributed by atoms with van der Waals surface area (Å²) in [6.07, 6.45) is 2.82. The molecule has 12 heteroatoms. The molecule has 0 fully saturated rings. The monoisotopic (exact) mass is 553 g/mol. The Morgan fingerprint density at radius 3 is 2.56 bits per heavy atom. The Bertz CT molecular complexity index is 1480. The largest absolute Gasteiger partial charge is 0.493 e. The third-order valence-electron chi connectivity index (χ3n) is 6.38. The summed E-state index contributed by atoms with van der Waals surface area (Å²) in [7, 11) is 4.61. The average Bonchev–Trinajstić information content (AvgIpc) is 3.19. The smallest absolute Gasteiger partial charge is 0.294 e. The molecule has 1 heterocycles. The van der Waals surface area contributed by atoms with Gasteiger partial charge in [0.25, 0.3) is 11.0 Å². The summed E-state index contributed by atoms with van der Waals surface area (Å²) in [6.45, 7) is -0.383. The van der Waals surface area contributed by atoms with Crippen LogP contribution in [-0.2, 0) is 17.9 Å². The number of hydrogen-bond donors (Lipinski definition) is 1. The Hall–Kier alpha value is -4.32. The predicted octanol–water partition coefficient (Wildman–Crippen LogP) is 3.98. The summed E-state index contributed by atoms with van der Waals surface area (Å²) >= 11 is 1.33. The van der Waals surface area contributed by atoms with E-state index < -0.39 is 17.0 Å². The highest BCUT2D eigenvalue weighted by atomic mass is 32.2. The van der Waals surface area contributed by atoms with Gasteiger partial charge in [0.2, 0.25) is 5.75 Å². The number of methoxy groups -OCH3 is 3. The molecule has 11 nitrogen and oxygen atoms in total. The molecule has 2 aromatic carbocycles. The Kier molecular flexibility index (Phi) is 8.55. The SMILES string of the molecule is COc1cc2c(c(OC)c1OC)-c1ccc(SC)c(=O)cc1[C@@H](NC(=O)c1cccc(CO[N+](=O)[O-])n1)CC2. The van der Waals surface area contributed by atoms with Crippen LogP contribution in [-0.4, -0.2) is 43.6 Å². The van der Waals surface area contributed by atoms with Crippen LogP contribution in [0.2, 0.25) is 0 Å². The molecular formula is C27H27N3O8S. The lowest BCUT2D eigenvalue weighted by Crippen LogP contribution is -2.30. The van der Waals surface area contributed by atoms with Crippen LogP contribution in [0.5, 0.6) is 17.2 Å². The van der Waals surface area contributed by atoms with Gasteiger partial charge >= 0.3 is 0 Å². The number of nitrogens with one attached hydrogen (secondary N) is 1. The van der Waals surface area contributed by atoms with E-state index in [4.69, 9.17) is 14.2 Å².